The van der Waals surface area contributed by atoms with Crippen LogP contribution < -0.4 is 5.32 Å². The average molecular weight is 888 g/mol. The summed E-state index contributed by atoms with van der Waals surface area (Å²) in [5, 5.41) is 93.3. The third-order valence-electron chi connectivity index (χ3n) is 10.1. The summed E-state index contributed by atoms with van der Waals surface area (Å²) in [5.74, 6) is -5.73. The van der Waals surface area contributed by atoms with Gasteiger partial charge in [-0.3, -0.25) is 29.0 Å². The zero-order valence-corrected chi connectivity index (χ0v) is 34.1. The number of likely N-dealkylation sites (N-methyl/N-ethyl adjacent to an activating group) is 2. The summed E-state index contributed by atoms with van der Waals surface area (Å²) in [4.78, 5) is 70.2. The number of hydrogen-bond acceptors (Lipinski definition) is 21. The molecule has 0 spiro atoms. The van der Waals surface area contributed by atoms with Gasteiger partial charge in [-0.15, -0.1) is 0 Å². The number of amides is 1. The van der Waals surface area contributed by atoms with E-state index in [1.54, 1.807) is 9.80 Å². The number of nitrogens with one attached hydrogen (secondary N) is 1. The van der Waals surface area contributed by atoms with Gasteiger partial charge in [-0.1, -0.05) is 0 Å². The first-order chi connectivity index (χ1) is 28.9. The fourth-order valence-electron chi connectivity index (χ4n) is 6.64. The summed E-state index contributed by atoms with van der Waals surface area (Å²) in [6.07, 6.45) is -19.6. The van der Waals surface area contributed by atoms with Gasteiger partial charge >= 0.3 is 23.9 Å². The highest BCUT2D eigenvalue weighted by molar-refractivity contribution is 5.78. The van der Waals surface area contributed by atoms with E-state index in [2.05, 4.69) is 5.32 Å². The van der Waals surface area contributed by atoms with Gasteiger partial charge in [0, 0.05) is 59.3 Å². The van der Waals surface area contributed by atoms with Gasteiger partial charge in [0.05, 0.1) is 52.8 Å². The van der Waals surface area contributed by atoms with Crippen LogP contribution in [0.5, 0.6) is 0 Å². The van der Waals surface area contributed by atoms with E-state index in [9.17, 15) is 69.9 Å². The number of aliphatic hydroxyl groups is 5. The van der Waals surface area contributed by atoms with Crippen molar-refractivity contribution in [1.82, 2.24) is 25.1 Å². The SMILES string of the molecule is CN1CCN(CC(=O)O)CCN(C(CCC(=O)NCCOCCOCCOCCON(C)C2OC(C(=O)O)C(OC3OC(C(=O)O)C(O)C(O)C3O)C(O)C2O)C(=O)O)CC1. The number of carboxylic acids is 4. The minimum absolute atomic E-state index is 0.0181. The lowest BCUT2D eigenvalue weighted by Gasteiger charge is -2.46. The lowest BCUT2D eigenvalue weighted by molar-refractivity contribution is -0.358. The van der Waals surface area contributed by atoms with E-state index in [4.69, 9.17) is 33.3 Å². The lowest BCUT2D eigenvalue weighted by Crippen LogP contribution is -2.67. The maximum absolute atomic E-state index is 12.4. The van der Waals surface area contributed by atoms with E-state index in [-0.39, 0.29) is 78.1 Å². The van der Waals surface area contributed by atoms with Gasteiger partial charge in [-0.25, -0.2) is 9.59 Å². The monoisotopic (exact) mass is 887 g/mol. The number of hydroxylamine groups is 2. The molecular weight excluding hydrogens is 826 g/mol. The summed E-state index contributed by atoms with van der Waals surface area (Å²) >= 11 is 0. The van der Waals surface area contributed by atoms with E-state index in [0.717, 1.165) is 5.06 Å². The standard InChI is InChI=1S/C35H61N5O21/c1-37-6-8-39(19-22(42)43)9-11-40(10-7-37)20(32(49)50)3-4-21(41)36-5-12-55-13-14-56-15-16-57-17-18-58-38(2)31-26(47)25(46)28(30(59-31)34(53)54)60-35-27(48)23(44)24(45)29(61-35)33(51)52/h20,23-31,35,44-48H,3-19H2,1-2H3,(H,36,41)(H,42,43)(H,49,50)(H,51,52)(H,53,54). The van der Waals surface area contributed by atoms with E-state index in [0.29, 0.717) is 39.3 Å². The Balaban J connectivity index is 1.26. The van der Waals surface area contributed by atoms with Crippen LogP contribution in [0.3, 0.4) is 0 Å². The number of ether oxygens (including phenoxy) is 6. The number of rotatable bonds is 25. The molecule has 11 atom stereocenters. The van der Waals surface area contributed by atoms with Crippen molar-refractivity contribution in [2.24, 2.45) is 0 Å². The summed E-state index contributed by atoms with van der Waals surface area (Å²) in [6.45, 7) is 3.96. The number of aliphatic hydroxyl groups excluding tert-OH is 5. The molecule has 3 saturated heterocycles. The number of carbonyl (C=O) groups is 5. The summed E-state index contributed by atoms with van der Waals surface area (Å²) < 4.78 is 32.0. The number of carboxylic acid groups (broad SMARTS) is 4. The molecule has 26 nitrogen and oxygen atoms in total. The fraction of sp³-hybridized carbons (Fsp3) is 0.857. The molecule has 0 aromatic rings. The first kappa shape index (κ1) is 52.1. The first-order valence-electron chi connectivity index (χ1n) is 19.7. The third kappa shape index (κ3) is 16.7. The summed E-state index contributed by atoms with van der Waals surface area (Å²) in [7, 11) is 3.17. The van der Waals surface area contributed by atoms with Crippen LogP contribution in [0.4, 0.5) is 0 Å². The van der Waals surface area contributed by atoms with Crippen molar-refractivity contribution in [1.29, 1.82) is 0 Å². The zero-order chi connectivity index (χ0) is 45.2. The summed E-state index contributed by atoms with van der Waals surface area (Å²) in [6, 6.07) is -0.907. The zero-order valence-electron chi connectivity index (χ0n) is 34.1. The van der Waals surface area contributed by atoms with Gasteiger partial charge in [0.15, 0.2) is 24.7 Å². The molecule has 3 fully saturated rings. The number of aliphatic carboxylic acids is 4. The molecule has 3 rings (SSSR count). The molecule has 0 aliphatic carbocycles. The van der Waals surface area contributed by atoms with Gasteiger partial charge in [-0.2, -0.15) is 5.06 Å². The summed E-state index contributed by atoms with van der Waals surface area (Å²) in [5.41, 5.74) is 0. The molecule has 0 aromatic heterocycles. The van der Waals surface area contributed by atoms with Gasteiger partial charge in [-0.05, 0) is 13.5 Å². The predicted octanol–water partition coefficient (Wildman–Crippen LogP) is -6.31. The quantitative estimate of drug-likeness (QED) is 0.0301. The van der Waals surface area contributed by atoms with Crippen LogP contribution in [-0.2, 0) is 57.2 Å². The molecule has 0 radical (unpaired) electrons. The topological polar surface area (TPSA) is 357 Å². The van der Waals surface area contributed by atoms with Crippen molar-refractivity contribution in [2.75, 3.05) is 113 Å². The van der Waals surface area contributed by atoms with Crippen molar-refractivity contribution < 1.29 is 103 Å². The molecular formula is C35H61N5O21. The van der Waals surface area contributed by atoms with Crippen LogP contribution >= 0.6 is 0 Å². The molecule has 3 aliphatic heterocycles. The van der Waals surface area contributed by atoms with Gasteiger partial charge in [0.1, 0.15) is 42.7 Å². The van der Waals surface area contributed by atoms with E-state index < -0.39 is 91.3 Å². The molecule has 10 N–H and O–H groups in total. The third-order valence-corrected chi connectivity index (χ3v) is 10.1. The van der Waals surface area contributed by atoms with Crippen molar-refractivity contribution >= 4 is 29.8 Å². The Morgan fingerprint density at radius 1 is 0.705 bits per heavy atom. The van der Waals surface area contributed by atoms with Gasteiger partial charge < -0.3 is 84.6 Å². The maximum Gasteiger partial charge on any atom is 0.335 e. The largest absolute Gasteiger partial charge is 0.480 e. The Hall–Kier alpha value is -3.29. The molecule has 0 saturated carbocycles. The Morgan fingerprint density at radius 2 is 1.28 bits per heavy atom. The number of hydrogen-bond donors (Lipinski definition) is 10. The highest BCUT2D eigenvalue weighted by Gasteiger charge is 2.54. The first-order valence-corrected chi connectivity index (χ1v) is 19.7. The van der Waals surface area contributed by atoms with Crippen LogP contribution in [0.2, 0.25) is 0 Å². The van der Waals surface area contributed by atoms with E-state index in [1.807, 2.05) is 11.9 Å². The van der Waals surface area contributed by atoms with Crippen molar-refractivity contribution in [2.45, 2.75) is 80.2 Å². The van der Waals surface area contributed by atoms with E-state index in [1.165, 1.54) is 7.05 Å². The average Bonchev–Trinajstić information content (AvgIpc) is 3.28. The number of carbonyl (C=O) groups excluding carboxylic acids is 1. The van der Waals surface area contributed by atoms with Crippen LogP contribution in [0.1, 0.15) is 12.8 Å². The van der Waals surface area contributed by atoms with Gasteiger partial charge in [0.2, 0.25) is 5.91 Å². The molecule has 26 heteroatoms. The molecule has 11 unspecified atom stereocenters. The molecule has 1 amide bonds. The van der Waals surface area contributed by atoms with Crippen LogP contribution in [0.15, 0.2) is 0 Å². The highest BCUT2D eigenvalue weighted by Crippen LogP contribution is 2.30. The molecule has 3 aliphatic rings. The second-order valence-electron chi connectivity index (χ2n) is 14.6. The van der Waals surface area contributed by atoms with E-state index >= 15 is 0 Å². The smallest absolute Gasteiger partial charge is 0.335 e. The second kappa shape index (κ2) is 26.4. The van der Waals surface area contributed by atoms with Crippen LogP contribution in [0, 0.1) is 0 Å². The minimum Gasteiger partial charge on any atom is -0.480 e. The van der Waals surface area contributed by atoms with Crippen LogP contribution in [-0.4, -0.2) is 276 Å². The van der Waals surface area contributed by atoms with Crippen molar-refractivity contribution in [3.8, 4) is 0 Å². The molecule has 61 heavy (non-hydrogen) atoms. The Morgan fingerprint density at radius 3 is 1.89 bits per heavy atom. The maximum atomic E-state index is 12.4. The van der Waals surface area contributed by atoms with Crippen molar-refractivity contribution in [3.05, 3.63) is 0 Å². The Bertz CT molecular complexity index is 1390. The minimum atomic E-state index is -2.07. The highest BCUT2D eigenvalue weighted by atomic mass is 16.7. The number of nitrogens with zero attached hydrogens (tertiary/aromatic N) is 4. The Kier molecular flexibility index (Phi) is 22.5. The normalized spacial score (nSPS) is 30.2. The fourth-order valence-corrected chi connectivity index (χ4v) is 6.64. The second-order valence-corrected chi connectivity index (χ2v) is 14.6. The van der Waals surface area contributed by atoms with Crippen molar-refractivity contribution in [3.63, 3.8) is 0 Å². The van der Waals surface area contributed by atoms with Crippen LogP contribution in [0.25, 0.3) is 0 Å². The predicted molar refractivity (Wildman–Crippen MR) is 200 cm³/mol. The van der Waals surface area contributed by atoms with Gasteiger partial charge in [0.25, 0.3) is 0 Å². The molecule has 0 aromatic carbocycles. The Labute approximate surface area is 350 Å². The lowest BCUT2D eigenvalue weighted by atomic mass is 9.96. The molecule has 3 heterocycles. The molecule has 352 valence electrons. The molecule has 0 bridgehead atoms.